The molecular formula is C25H24N2O3. The fourth-order valence-corrected chi connectivity index (χ4v) is 3.70. The van der Waals surface area contributed by atoms with Crippen molar-refractivity contribution in [3.05, 3.63) is 102 Å². The van der Waals surface area contributed by atoms with Crippen LogP contribution >= 0.6 is 0 Å². The van der Waals surface area contributed by atoms with Gasteiger partial charge in [0.2, 0.25) is 5.91 Å². The Hall–Kier alpha value is -3.60. The van der Waals surface area contributed by atoms with Crippen LogP contribution in [0.5, 0.6) is 5.75 Å². The molecule has 152 valence electrons. The van der Waals surface area contributed by atoms with Gasteiger partial charge in [0.05, 0.1) is 25.1 Å². The van der Waals surface area contributed by atoms with E-state index in [1.807, 2.05) is 72.8 Å². The molecule has 30 heavy (non-hydrogen) atoms. The molecule has 0 bridgehead atoms. The summed E-state index contributed by atoms with van der Waals surface area (Å²) in [5.74, 6) is 0.499. The van der Waals surface area contributed by atoms with Crippen LogP contribution in [0, 0.1) is 0 Å². The van der Waals surface area contributed by atoms with Crippen molar-refractivity contribution in [2.45, 2.75) is 24.9 Å². The summed E-state index contributed by atoms with van der Waals surface area (Å²) < 4.78 is 5.68. The molecule has 1 heterocycles. The topological polar surface area (TPSA) is 67.4 Å². The van der Waals surface area contributed by atoms with E-state index in [1.165, 1.54) is 0 Å². The van der Waals surface area contributed by atoms with Gasteiger partial charge in [-0.25, -0.2) is 0 Å². The third-order valence-corrected chi connectivity index (χ3v) is 5.23. The summed E-state index contributed by atoms with van der Waals surface area (Å²) in [4.78, 5) is 25.6. The molecule has 1 aliphatic rings. The zero-order chi connectivity index (χ0) is 20.8. The summed E-state index contributed by atoms with van der Waals surface area (Å²) in [6, 6.07) is 25.9. The number of nitrogens with one attached hydrogen (secondary N) is 2. The number of carbonyl (C=O) groups excluding carboxylic acids is 2. The molecule has 1 aliphatic heterocycles. The molecule has 3 aromatic carbocycles. The first-order valence-electron chi connectivity index (χ1n) is 10.1. The fourth-order valence-electron chi connectivity index (χ4n) is 3.70. The summed E-state index contributed by atoms with van der Waals surface area (Å²) in [5.41, 5.74) is 2.45. The molecule has 0 aromatic heterocycles. The second-order valence-corrected chi connectivity index (χ2v) is 7.30. The number of benzene rings is 3. The Morgan fingerprint density at radius 3 is 2.33 bits per heavy atom. The van der Waals surface area contributed by atoms with Crippen molar-refractivity contribution in [2.24, 2.45) is 0 Å². The van der Waals surface area contributed by atoms with Crippen LogP contribution in [0.2, 0.25) is 0 Å². The minimum atomic E-state index is -0.422. The number of fused-ring (bicyclic) bond motifs is 1. The molecule has 0 spiro atoms. The van der Waals surface area contributed by atoms with Crippen molar-refractivity contribution >= 4 is 11.8 Å². The van der Waals surface area contributed by atoms with Gasteiger partial charge >= 0.3 is 0 Å². The SMILES string of the molecule is O=C(CC(NC(=O)c1ccccc1)c1ccccc1)NC1CCOc2ccccc21. The van der Waals surface area contributed by atoms with E-state index in [0.717, 1.165) is 23.3 Å². The molecule has 0 fully saturated rings. The summed E-state index contributed by atoms with van der Waals surface area (Å²) in [5, 5.41) is 6.13. The van der Waals surface area contributed by atoms with Gasteiger partial charge < -0.3 is 15.4 Å². The zero-order valence-electron chi connectivity index (χ0n) is 16.6. The Kier molecular flexibility index (Phi) is 6.09. The molecule has 2 N–H and O–H groups in total. The maximum absolute atomic E-state index is 12.9. The van der Waals surface area contributed by atoms with Gasteiger partial charge in [0, 0.05) is 17.5 Å². The second-order valence-electron chi connectivity index (χ2n) is 7.30. The smallest absolute Gasteiger partial charge is 0.251 e. The van der Waals surface area contributed by atoms with Crippen molar-refractivity contribution in [3.63, 3.8) is 0 Å². The number of hydrogen-bond acceptors (Lipinski definition) is 3. The Morgan fingerprint density at radius 1 is 0.900 bits per heavy atom. The monoisotopic (exact) mass is 400 g/mol. The standard InChI is InChI=1S/C25H24N2O3/c28-24(26-21-15-16-30-23-14-8-7-13-20(21)23)17-22(18-9-3-1-4-10-18)27-25(29)19-11-5-2-6-12-19/h1-14,21-22H,15-17H2,(H,26,28)(H,27,29). The second kappa shape index (κ2) is 9.27. The molecular weight excluding hydrogens is 376 g/mol. The van der Waals surface area contributed by atoms with Gasteiger partial charge in [-0.3, -0.25) is 9.59 Å². The van der Waals surface area contributed by atoms with E-state index in [-0.39, 0.29) is 24.3 Å². The van der Waals surface area contributed by atoms with Crippen LogP contribution in [0.1, 0.15) is 46.4 Å². The van der Waals surface area contributed by atoms with Crippen LogP contribution in [0.4, 0.5) is 0 Å². The number of carbonyl (C=O) groups is 2. The molecule has 2 unspecified atom stereocenters. The van der Waals surface area contributed by atoms with Gasteiger partial charge in [0.25, 0.3) is 5.91 Å². The van der Waals surface area contributed by atoms with Crippen molar-refractivity contribution in [1.29, 1.82) is 0 Å². The maximum Gasteiger partial charge on any atom is 0.251 e. The largest absolute Gasteiger partial charge is 0.493 e. The minimum Gasteiger partial charge on any atom is -0.493 e. The van der Waals surface area contributed by atoms with Crippen molar-refractivity contribution in [3.8, 4) is 5.75 Å². The van der Waals surface area contributed by atoms with E-state index in [9.17, 15) is 9.59 Å². The normalized spacial score (nSPS) is 15.9. The molecule has 0 aliphatic carbocycles. The highest BCUT2D eigenvalue weighted by molar-refractivity contribution is 5.94. The third kappa shape index (κ3) is 4.69. The van der Waals surface area contributed by atoms with Gasteiger partial charge in [-0.2, -0.15) is 0 Å². The number of amides is 2. The highest BCUT2D eigenvalue weighted by atomic mass is 16.5. The number of para-hydroxylation sites is 1. The van der Waals surface area contributed by atoms with E-state index in [0.29, 0.717) is 12.2 Å². The van der Waals surface area contributed by atoms with Gasteiger partial charge in [-0.15, -0.1) is 0 Å². The zero-order valence-corrected chi connectivity index (χ0v) is 16.6. The quantitative estimate of drug-likeness (QED) is 0.652. The lowest BCUT2D eigenvalue weighted by molar-refractivity contribution is -0.122. The first-order valence-corrected chi connectivity index (χ1v) is 10.1. The van der Waals surface area contributed by atoms with Crippen LogP contribution in [-0.2, 0) is 4.79 Å². The summed E-state index contributed by atoms with van der Waals surface area (Å²) in [7, 11) is 0. The highest BCUT2D eigenvalue weighted by Crippen LogP contribution is 2.31. The summed E-state index contributed by atoms with van der Waals surface area (Å²) in [6.07, 6.45) is 0.872. The predicted molar refractivity (Wildman–Crippen MR) is 115 cm³/mol. The average molecular weight is 400 g/mol. The van der Waals surface area contributed by atoms with E-state index in [4.69, 9.17) is 4.74 Å². The Bertz CT molecular complexity index is 1010. The molecule has 5 nitrogen and oxygen atoms in total. The number of ether oxygens (including phenoxy) is 1. The van der Waals surface area contributed by atoms with Gasteiger partial charge in [-0.1, -0.05) is 66.7 Å². The predicted octanol–water partition coefficient (Wildman–Crippen LogP) is 4.19. The molecule has 2 atom stereocenters. The molecule has 4 rings (SSSR count). The lowest BCUT2D eigenvalue weighted by atomic mass is 9.99. The van der Waals surface area contributed by atoms with Crippen molar-refractivity contribution in [1.82, 2.24) is 10.6 Å². The highest BCUT2D eigenvalue weighted by Gasteiger charge is 2.25. The molecule has 5 heteroatoms. The maximum atomic E-state index is 12.9. The minimum absolute atomic E-state index is 0.0938. The van der Waals surface area contributed by atoms with Gasteiger partial charge in [0.1, 0.15) is 5.75 Å². The lowest BCUT2D eigenvalue weighted by Gasteiger charge is -2.27. The summed E-state index contributed by atoms with van der Waals surface area (Å²) >= 11 is 0. The van der Waals surface area contributed by atoms with E-state index in [1.54, 1.807) is 12.1 Å². The van der Waals surface area contributed by atoms with E-state index >= 15 is 0 Å². The molecule has 0 saturated carbocycles. The van der Waals surface area contributed by atoms with Crippen LogP contribution in [0.3, 0.4) is 0 Å². The Labute approximate surface area is 176 Å². The first kappa shape index (κ1) is 19.7. The van der Waals surface area contributed by atoms with Crippen molar-refractivity contribution < 1.29 is 14.3 Å². The third-order valence-electron chi connectivity index (χ3n) is 5.23. The molecule has 0 saturated heterocycles. The number of hydrogen-bond donors (Lipinski definition) is 2. The Morgan fingerprint density at radius 2 is 1.57 bits per heavy atom. The lowest BCUT2D eigenvalue weighted by Crippen LogP contribution is -2.36. The molecule has 2 amide bonds. The summed E-state index contributed by atoms with van der Waals surface area (Å²) in [6.45, 7) is 0.564. The number of rotatable bonds is 6. The fraction of sp³-hybridized carbons (Fsp3) is 0.200. The van der Waals surface area contributed by atoms with Gasteiger partial charge in [0.15, 0.2) is 0 Å². The van der Waals surface area contributed by atoms with E-state index in [2.05, 4.69) is 10.6 Å². The van der Waals surface area contributed by atoms with Gasteiger partial charge in [-0.05, 0) is 23.8 Å². The van der Waals surface area contributed by atoms with E-state index < -0.39 is 6.04 Å². The molecule has 0 radical (unpaired) electrons. The Balaban J connectivity index is 1.48. The van der Waals surface area contributed by atoms with Crippen LogP contribution in [0.15, 0.2) is 84.9 Å². The molecule has 3 aromatic rings. The first-order chi connectivity index (χ1) is 14.7. The van der Waals surface area contributed by atoms with Crippen molar-refractivity contribution in [2.75, 3.05) is 6.61 Å². The average Bonchev–Trinajstić information content (AvgIpc) is 2.80. The van der Waals surface area contributed by atoms with Crippen LogP contribution in [0.25, 0.3) is 0 Å². The van der Waals surface area contributed by atoms with Crippen LogP contribution in [-0.4, -0.2) is 18.4 Å². The van der Waals surface area contributed by atoms with Crippen LogP contribution < -0.4 is 15.4 Å².